The number of hydrogen-bond acceptors (Lipinski definition) is 6. The normalized spacial score (nSPS) is 10.8. The number of esters is 1. The molecule has 2 aromatic carbocycles. The summed E-state index contributed by atoms with van der Waals surface area (Å²) in [5.74, 6) is 1.37. The summed E-state index contributed by atoms with van der Waals surface area (Å²) in [6.45, 7) is 2.02. The number of thioether (sulfide) groups is 1. The van der Waals surface area contributed by atoms with E-state index in [1.54, 1.807) is 44.4 Å². The summed E-state index contributed by atoms with van der Waals surface area (Å²) in [6, 6.07) is 12.5. The first kappa shape index (κ1) is 20.5. The Kier molecular flexibility index (Phi) is 6.80. The Morgan fingerprint density at radius 2 is 1.89 bits per heavy atom. The number of ketones is 1. The lowest BCUT2D eigenvalue weighted by atomic mass is 10.1. The Bertz CT molecular complexity index is 994. The van der Waals surface area contributed by atoms with E-state index in [1.807, 2.05) is 12.1 Å². The number of carbonyl (C=O) groups is 2. The van der Waals surface area contributed by atoms with E-state index in [-0.39, 0.29) is 18.1 Å². The van der Waals surface area contributed by atoms with Crippen molar-refractivity contribution in [1.29, 1.82) is 0 Å². The van der Waals surface area contributed by atoms with Crippen molar-refractivity contribution in [3.63, 3.8) is 0 Å². The van der Waals surface area contributed by atoms with Crippen molar-refractivity contribution in [3.8, 4) is 5.75 Å². The van der Waals surface area contributed by atoms with Gasteiger partial charge in [0.25, 0.3) is 0 Å². The minimum atomic E-state index is -0.440. The Balaban J connectivity index is 1.79. The summed E-state index contributed by atoms with van der Waals surface area (Å²) in [5, 5.41) is 0.646. The van der Waals surface area contributed by atoms with Gasteiger partial charge in [-0.3, -0.25) is 4.79 Å². The van der Waals surface area contributed by atoms with Crippen LogP contribution in [-0.4, -0.2) is 31.2 Å². The van der Waals surface area contributed by atoms with Crippen molar-refractivity contribution in [1.82, 2.24) is 0 Å². The highest BCUT2D eigenvalue weighted by molar-refractivity contribution is 9.10. The molecule has 0 aliphatic carbocycles. The van der Waals surface area contributed by atoms with Gasteiger partial charge in [-0.2, -0.15) is 0 Å². The molecule has 0 unspecified atom stereocenters. The molecule has 0 aliphatic rings. The second-order valence-corrected chi connectivity index (χ2v) is 7.81. The molecule has 3 rings (SSSR count). The van der Waals surface area contributed by atoms with E-state index in [0.717, 1.165) is 4.47 Å². The van der Waals surface area contributed by atoms with Gasteiger partial charge in [-0.1, -0.05) is 28.1 Å². The topological polar surface area (TPSA) is 65.7 Å². The Morgan fingerprint density at radius 3 is 2.57 bits per heavy atom. The number of methoxy groups -OCH3 is 1. The number of furan rings is 1. The maximum atomic E-state index is 12.5. The molecular weight excluding hydrogens is 444 g/mol. The second-order valence-electron chi connectivity index (χ2n) is 5.91. The number of carbonyl (C=O) groups excluding carboxylic acids is 2. The van der Waals surface area contributed by atoms with Gasteiger partial charge >= 0.3 is 5.97 Å². The molecule has 0 saturated heterocycles. The van der Waals surface area contributed by atoms with Crippen LogP contribution in [0.25, 0.3) is 11.0 Å². The lowest BCUT2D eigenvalue weighted by Gasteiger charge is -2.04. The third kappa shape index (κ3) is 4.59. The SMILES string of the molecule is CCOC(=O)c1c(CSCC(=O)c2ccc(Br)cc2)oc2ccc(OC)cc12. The molecule has 0 radical (unpaired) electrons. The lowest BCUT2D eigenvalue weighted by molar-refractivity contribution is 0.0526. The summed E-state index contributed by atoms with van der Waals surface area (Å²) in [7, 11) is 1.57. The third-order valence-corrected chi connectivity index (χ3v) is 5.54. The first-order chi connectivity index (χ1) is 13.5. The van der Waals surface area contributed by atoms with Crippen molar-refractivity contribution >= 4 is 50.4 Å². The van der Waals surface area contributed by atoms with E-state index in [2.05, 4.69) is 15.9 Å². The van der Waals surface area contributed by atoms with Crippen LogP contribution in [0.15, 0.2) is 51.4 Å². The molecule has 1 aromatic heterocycles. The Morgan fingerprint density at radius 1 is 1.14 bits per heavy atom. The van der Waals surface area contributed by atoms with Gasteiger partial charge in [0.05, 0.1) is 25.2 Å². The molecule has 0 atom stereocenters. The number of rotatable bonds is 8. The van der Waals surface area contributed by atoms with Gasteiger partial charge in [0.2, 0.25) is 0 Å². The minimum Gasteiger partial charge on any atom is -0.497 e. The largest absolute Gasteiger partial charge is 0.497 e. The molecule has 0 fully saturated rings. The fourth-order valence-corrected chi connectivity index (χ4v) is 3.85. The zero-order valence-corrected chi connectivity index (χ0v) is 17.9. The molecular formula is C21H19BrO5S. The van der Waals surface area contributed by atoms with Gasteiger partial charge in [-0.05, 0) is 37.3 Å². The highest BCUT2D eigenvalue weighted by Gasteiger charge is 2.22. The number of fused-ring (bicyclic) bond motifs is 1. The van der Waals surface area contributed by atoms with E-state index in [4.69, 9.17) is 13.9 Å². The summed E-state index contributed by atoms with van der Waals surface area (Å²) < 4.78 is 17.2. The van der Waals surface area contributed by atoms with Crippen LogP contribution in [0.3, 0.4) is 0 Å². The summed E-state index contributed by atoms with van der Waals surface area (Å²) >= 11 is 4.75. The fraction of sp³-hybridized carbons (Fsp3) is 0.238. The molecule has 0 amide bonds. The van der Waals surface area contributed by atoms with Gasteiger partial charge in [-0.15, -0.1) is 11.8 Å². The van der Waals surface area contributed by atoms with Gasteiger partial charge < -0.3 is 13.9 Å². The molecule has 0 spiro atoms. The van der Waals surface area contributed by atoms with Gasteiger partial charge in [-0.25, -0.2) is 4.79 Å². The molecule has 0 saturated carbocycles. The quantitative estimate of drug-likeness (QED) is 0.325. The van der Waals surface area contributed by atoms with Crippen LogP contribution in [-0.2, 0) is 10.5 Å². The second kappa shape index (κ2) is 9.30. The summed E-state index contributed by atoms with van der Waals surface area (Å²) in [6.07, 6.45) is 0. The fourth-order valence-electron chi connectivity index (χ4n) is 2.74. The van der Waals surface area contributed by atoms with Crippen LogP contribution in [0.2, 0.25) is 0 Å². The first-order valence-electron chi connectivity index (χ1n) is 8.66. The lowest BCUT2D eigenvalue weighted by Crippen LogP contribution is -2.07. The van der Waals surface area contributed by atoms with Gasteiger partial charge in [0.1, 0.15) is 22.7 Å². The predicted octanol–water partition coefficient (Wildman–Crippen LogP) is 5.50. The molecule has 0 N–H and O–H groups in total. The number of benzene rings is 2. The number of hydrogen-bond donors (Lipinski definition) is 0. The first-order valence-corrected chi connectivity index (χ1v) is 10.6. The molecule has 7 heteroatoms. The van der Waals surface area contributed by atoms with Crippen LogP contribution in [0.5, 0.6) is 5.75 Å². The molecule has 146 valence electrons. The maximum absolute atomic E-state index is 12.5. The zero-order chi connectivity index (χ0) is 20.1. The molecule has 5 nitrogen and oxygen atoms in total. The smallest absolute Gasteiger partial charge is 0.342 e. The summed E-state index contributed by atoms with van der Waals surface area (Å²) in [5.41, 5.74) is 1.62. The highest BCUT2D eigenvalue weighted by atomic mass is 79.9. The van der Waals surface area contributed by atoms with Crippen LogP contribution in [0.1, 0.15) is 33.4 Å². The minimum absolute atomic E-state index is 0.0213. The van der Waals surface area contributed by atoms with Crippen molar-refractivity contribution in [2.24, 2.45) is 0 Å². The molecule has 3 aromatic rings. The average Bonchev–Trinajstić information content (AvgIpc) is 3.05. The Labute approximate surface area is 175 Å². The maximum Gasteiger partial charge on any atom is 0.342 e. The van der Waals surface area contributed by atoms with E-state index >= 15 is 0 Å². The number of Topliss-reactive ketones (excluding diaryl/α,β-unsaturated/α-hetero) is 1. The van der Waals surface area contributed by atoms with Crippen molar-refractivity contribution in [2.45, 2.75) is 12.7 Å². The number of ether oxygens (including phenoxy) is 2. The van der Waals surface area contributed by atoms with Gasteiger partial charge in [0, 0.05) is 15.4 Å². The molecule has 28 heavy (non-hydrogen) atoms. The van der Waals surface area contributed by atoms with Gasteiger partial charge in [0.15, 0.2) is 5.78 Å². The van der Waals surface area contributed by atoms with Crippen molar-refractivity contribution in [2.75, 3.05) is 19.5 Å². The van der Waals surface area contributed by atoms with E-state index < -0.39 is 5.97 Å². The molecule has 1 heterocycles. The van der Waals surface area contributed by atoms with Crippen LogP contribution < -0.4 is 4.74 Å². The highest BCUT2D eigenvalue weighted by Crippen LogP contribution is 2.32. The van der Waals surface area contributed by atoms with Crippen molar-refractivity contribution < 1.29 is 23.5 Å². The standard InChI is InChI=1S/C21H19BrO5S/c1-3-26-21(24)20-16-10-15(25-2)8-9-18(16)27-19(20)12-28-11-17(23)13-4-6-14(22)7-5-13/h4-10H,3,11-12H2,1-2H3. The zero-order valence-electron chi connectivity index (χ0n) is 15.5. The van der Waals surface area contributed by atoms with E-state index in [1.165, 1.54) is 11.8 Å². The van der Waals surface area contributed by atoms with Crippen molar-refractivity contribution in [3.05, 3.63) is 63.8 Å². The van der Waals surface area contributed by atoms with E-state index in [0.29, 0.717) is 39.4 Å². The summed E-state index contributed by atoms with van der Waals surface area (Å²) in [4.78, 5) is 24.8. The predicted molar refractivity (Wildman–Crippen MR) is 113 cm³/mol. The van der Waals surface area contributed by atoms with Crippen LogP contribution >= 0.6 is 27.7 Å². The number of halogens is 1. The Hall–Kier alpha value is -2.25. The average molecular weight is 463 g/mol. The van der Waals surface area contributed by atoms with E-state index in [9.17, 15) is 9.59 Å². The molecule has 0 bridgehead atoms. The molecule has 0 aliphatic heterocycles. The van der Waals surface area contributed by atoms with Crippen LogP contribution in [0.4, 0.5) is 0 Å². The van der Waals surface area contributed by atoms with Crippen LogP contribution in [0, 0.1) is 0 Å². The third-order valence-electron chi connectivity index (χ3n) is 4.08. The monoisotopic (exact) mass is 462 g/mol.